The van der Waals surface area contributed by atoms with Gasteiger partial charge in [-0.2, -0.15) is 13.2 Å². The van der Waals surface area contributed by atoms with Gasteiger partial charge in [0.05, 0.1) is 11.3 Å². The second kappa shape index (κ2) is 5.22. The van der Waals surface area contributed by atoms with Gasteiger partial charge in [0.2, 0.25) is 0 Å². The maximum Gasteiger partial charge on any atom is 0.416 e. The highest BCUT2D eigenvalue weighted by Gasteiger charge is 2.30. The zero-order chi connectivity index (χ0) is 15.7. The highest BCUT2D eigenvalue weighted by Crippen LogP contribution is 2.33. The van der Waals surface area contributed by atoms with Gasteiger partial charge in [-0.3, -0.25) is 0 Å². The molecule has 0 aliphatic carbocycles. The third-order valence-electron chi connectivity index (χ3n) is 3.28. The van der Waals surface area contributed by atoms with Crippen LogP contribution in [0.3, 0.4) is 0 Å². The summed E-state index contributed by atoms with van der Waals surface area (Å²) in [5, 5.41) is 3.60. The molecule has 0 spiro atoms. The van der Waals surface area contributed by atoms with E-state index in [-0.39, 0.29) is 5.69 Å². The van der Waals surface area contributed by atoms with Crippen molar-refractivity contribution in [1.29, 1.82) is 0 Å². The SMILES string of the molecule is O=Nc1cccc2ccc(-c3cccc(C(F)(F)F)c3)nc12. The summed E-state index contributed by atoms with van der Waals surface area (Å²) in [6.45, 7) is 0. The molecule has 0 aliphatic heterocycles. The van der Waals surface area contributed by atoms with Gasteiger partial charge in [0.25, 0.3) is 0 Å². The third kappa shape index (κ3) is 2.55. The van der Waals surface area contributed by atoms with Crippen molar-refractivity contribution >= 4 is 16.6 Å². The molecule has 3 rings (SSSR count). The van der Waals surface area contributed by atoms with Crippen molar-refractivity contribution in [3.05, 3.63) is 65.1 Å². The van der Waals surface area contributed by atoms with Gasteiger partial charge in [-0.05, 0) is 29.4 Å². The predicted octanol–water partition coefficient (Wildman–Crippen LogP) is 5.32. The largest absolute Gasteiger partial charge is 0.416 e. The van der Waals surface area contributed by atoms with E-state index in [9.17, 15) is 18.1 Å². The molecular formula is C16H9F3N2O. The molecule has 6 heteroatoms. The molecule has 0 saturated carbocycles. The average Bonchev–Trinajstić information content (AvgIpc) is 2.53. The van der Waals surface area contributed by atoms with E-state index in [1.807, 2.05) is 0 Å². The highest BCUT2D eigenvalue weighted by atomic mass is 19.4. The van der Waals surface area contributed by atoms with Crippen LogP contribution in [-0.4, -0.2) is 4.98 Å². The molecule has 0 bridgehead atoms. The van der Waals surface area contributed by atoms with Crippen LogP contribution in [-0.2, 0) is 6.18 Å². The number of fused-ring (bicyclic) bond motifs is 1. The normalized spacial score (nSPS) is 11.6. The summed E-state index contributed by atoms with van der Waals surface area (Å²) in [6, 6.07) is 13.2. The number of hydrogen-bond donors (Lipinski definition) is 0. The molecule has 0 saturated heterocycles. The van der Waals surface area contributed by atoms with E-state index >= 15 is 0 Å². The van der Waals surface area contributed by atoms with Crippen LogP contribution in [0.5, 0.6) is 0 Å². The summed E-state index contributed by atoms with van der Waals surface area (Å²) in [5.41, 5.74) is 0.472. The Morgan fingerprint density at radius 3 is 2.45 bits per heavy atom. The quantitative estimate of drug-likeness (QED) is 0.601. The van der Waals surface area contributed by atoms with E-state index in [0.717, 1.165) is 12.1 Å². The minimum Gasteiger partial charge on any atom is -0.245 e. The summed E-state index contributed by atoms with van der Waals surface area (Å²) in [5.74, 6) is 0. The fraction of sp³-hybridized carbons (Fsp3) is 0.0625. The van der Waals surface area contributed by atoms with E-state index in [4.69, 9.17) is 0 Å². The Morgan fingerprint density at radius 1 is 0.955 bits per heavy atom. The molecule has 0 fully saturated rings. The van der Waals surface area contributed by atoms with Crippen molar-refractivity contribution in [3.8, 4) is 11.3 Å². The molecule has 0 unspecified atom stereocenters. The molecule has 0 radical (unpaired) electrons. The molecule has 0 atom stereocenters. The number of pyridine rings is 1. The number of hydrogen-bond acceptors (Lipinski definition) is 3. The lowest BCUT2D eigenvalue weighted by Gasteiger charge is -2.09. The monoisotopic (exact) mass is 302 g/mol. The third-order valence-corrected chi connectivity index (χ3v) is 3.28. The van der Waals surface area contributed by atoms with Crippen LogP contribution in [0.15, 0.2) is 59.8 Å². The highest BCUT2D eigenvalue weighted by molar-refractivity contribution is 5.90. The first-order valence-electron chi connectivity index (χ1n) is 6.40. The fourth-order valence-corrected chi connectivity index (χ4v) is 2.22. The van der Waals surface area contributed by atoms with Crippen LogP contribution in [0.25, 0.3) is 22.2 Å². The maximum atomic E-state index is 12.8. The Morgan fingerprint density at radius 2 is 1.73 bits per heavy atom. The lowest BCUT2D eigenvalue weighted by molar-refractivity contribution is -0.137. The van der Waals surface area contributed by atoms with Gasteiger partial charge < -0.3 is 0 Å². The average molecular weight is 302 g/mol. The Kier molecular flexibility index (Phi) is 3.36. The van der Waals surface area contributed by atoms with E-state index in [2.05, 4.69) is 10.2 Å². The van der Waals surface area contributed by atoms with Crippen LogP contribution in [0.2, 0.25) is 0 Å². The Bertz CT molecular complexity index is 859. The Balaban J connectivity index is 2.17. The van der Waals surface area contributed by atoms with E-state index in [0.29, 0.717) is 22.2 Å². The summed E-state index contributed by atoms with van der Waals surface area (Å²) >= 11 is 0. The molecule has 2 aromatic carbocycles. The van der Waals surface area contributed by atoms with Gasteiger partial charge in [0.1, 0.15) is 11.2 Å². The van der Waals surface area contributed by atoms with Gasteiger partial charge in [0.15, 0.2) is 0 Å². The van der Waals surface area contributed by atoms with Crippen LogP contribution in [0.1, 0.15) is 5.56 Å². The summed E-state index contributed by atoms with van der Waals surface area (Å²) in [7, 11) is 0. The van der Waals surface area contributed by atoms with Gasteiger partial charge in [-0.15, -0.1) is 4.91 Å². The number of rotatable bonds is 2. The van der Waals surface area contributed by atoms with Crippen molar-refractivity contribution in [2.24, 2.45) is 5.18 Å². The lowest BCUT2D eigenvalue weighted by Crippen LogP contribution is -2.04. The zero-order valence-corrected chi connectivity index (χ0v) is 11.1. The number of aromatic nitrogens is 1. The smallest absolute Gasteiger partial charge is 0.245 e. The lowest BCUT2D eigenvalue weighted by atomic mass is 10.1. The zero-order valence-electron chi connectivity index (χ0n) is 11.1. The fourth-order valence-electron chi connectivity index (χ4n) is 2.22. The van der Waals surface area contributed by atoms with Crippen molar-refractivity contribution in [3.63, 3.8) is 0 Å². The number of nitrogens with zero attached hydrogens (tertiary/aromatic N) is 2. The van der Waals surface area contributed by atoms with Gasteiger partial charge in [-0.1, -0.05) is 30.3 Å². The van der Waals surface area contributed by atoms with Crippen LogP contribution < -0.4 is 0 Å². The summed E-state index contributed by atoms with van der Waals surface area (Å²) < 4.78 is 38.3. The topological polar surface area (TPSA) is 42.3 Å². The Hall–Kier alpha value is -2.76. The molecule has 3 aromatic rings. The molecule has 0 N–H and O–H groups in total. The van der Waals surface area contributed by atoms with Gasteiger partial charge in [-0.25, -0.2) is 4.98 Å². The van der Waals surface area contributed by atoms with Crippen molar-refractivity contribution in [2.45, 2.75) is 6.18 Å². The molecule has 110 valence electrons. The van der Waals surface area contributed by atoms with Gasteiger partial charge >= 0.3 is 6.18 Å². The number of benzene rings is 2. The van der Waals surface area contributed by atoms with Crippen LogP contribution in [0, 0.1) is 4.91 Å². The predicted molar refractivity (Wildman–Crippen MR) is 77.6 cm³/mol. The molecule has 1 heterocycles. The van der Waals surface area contributed by atoms with Crippen LogP contribution in [0.4, 0.5) is 18.9 Å². The number of halogens is 3. The number of nitroso groups, excluding NO2 is 1. The molecule has 0 amide bonds. The Labute approximate surface area is 123 Å². The van der Waals surface area contributed by atoms with Crippen LogP contribution >= 0.6 is 0 Å². The van der Waals surface area contributed by atoms with E-state index in [1.165, 1.54) is 12.1 Å². The summed E-state index contributed by atoms with van der Waals surface area (Å²) in [6.07, 6.45) is -4.41. The molecule has 22 heavy (non-hydrogen) atoms. The maximum absolute atomic E-state index is 12.8. The number of para-hydroxylation sites is 1. The molecule has 1 aromatic heterocycles. The molecule has 0 aliphatic rings. The molecule has 3 nitrogen and oxygen atoms in total. The first-order valence-corrected chi connectivity index (χ1v) is 6.40. The minimum absolute atomic E-state index is 0.159. The molecular weight excluding hydrogens is 293 g/mol. The second-order valence-electron chi connectivity index (χ2n) is 4.72. The standard InChI is InChI=1S/C16H9F3N2O/c17-16(18,19)12-5-1-4-11(9-12)13-8-7-10-3-2-6-14(21-22)15(10)20-13/h1-9H. The van der Waals surface area contributed by atoms with Crippen molar-refractivity contribution in [2.75, 3.05) is 0 Å². The first-order chi connectivity index (χ1) is 10.5. The van der Waals surface area contributed by atoms with Crippen molar-refractivity contribution in [1.82, 2.24) is 4.98 Å². The van der Waals surface area contributed by atoms with E-state index < -0.39 is 11.7 Å². The number of alkyl halides is 3. The second-order valence-corrected chi connectivity index (χ2v) is 4.72. The van der Waals surface area contributed by atoms with Gasteiger partial charge in [0, 0.05) is 10.9 Å². The first kappa shape index (κ1) is 14.2. The van der Waals surface area contributed by atoms with Crippen molar-refractivity contribution < 1.29 is 13.2 Å². The van der Waals surface area contributed by atoms with E-state index in [1.54, 1.807) is 30.3 Å². The minimum atomic E-state index is -4.41. The summed E-state index contributed by atoms with van der Waals surface area (Å²) in [4.78, 5) is 15.1.